The number of carbonyl (C=O) groups is 1. The van der Waals surface area contributed by atoms with Crippen LogP contribution in [0.2, 0.25) is 5.02 Å². The van der Waals surface area contributed by atoms with E-state index in [1.807, 2.05) is 19.1 Å². The van der Waals surface area contributed by atoms with E-state index in [1.54, 1.807) is 37.3 Å². The Kier molecular flexibility index (Phi) is 9.62. The van der Waals surface area contributed by atoms with Gasteiger partial charge < -0.3 is 20.3 Å². The van der Waals surface area contributed by atoms with E-state index in [4.69, 9.17) is 11.6 Å². The molecule has 2 heterocycles. The van der Waals surface area contributed by atoms with E-state index in [9.17, 15) is 19.7 Å². The molecule has 1 aliphatic heterocycles. The summed E-state index contributed by atoms with van der Waals surface area (Å²) in [4.78, 5) is 17.4. The van der Waals surface area contributed by atoms with E-state index in [-0.39, 0.29) is 23.8 Å². The van der Waals surface area contributed by atoms with Crippen LogP contribution >= 0.6 is 11.6 Å². The van der Waals surface area contributed by atoms with Crippen molar-refractivity contribution in [3.63, 3.8) is 0 Å². The summed E-state index contributed by atoms with van der Waals surface area (Å²) in [5.74, 6) is -0.514. The average Bonchev–Trinajstić information content (AvgIpc) is 2.96. The monoisotopic (exact) mass is 563 g/mol. The molecule has 7 nitrogen and oxygen atoms in total. The summed E-state index contributed by atoms with van der Waals surface area (Å²) in [7, 11) is 0. The Morgan fingerprint density at radius 3 is 2.60 bits per heavy atom. The first kappa shape index (κ1) is 29.3. The van der Waals surface area contributed by atoms with Crippen LogP contribution in [0.3, 0.4) is 0 Å². The van der Waals surface area contributed by atoms with Crippen molar-refractivity contribution in [2.45, 2.75) is 58.7 Å². The molecule has 210 valence electrons. The number of pyridine rings is 1. The maximum absolute atomic E-state index is 14.7. The Morgan fingerprint density at radius 1 is 1.23 bits per heavy atom. The standard InChI is InChI=1S/C31H35ClFN5O2/c1-21-11-17-38(40)23(3)30(21)31(39)35-14-10-22(2)36-15-12-28(13-16-36)37(27-7-4-24(19-34)5-8-27)20-25-18-26(32)6-9-29(25)33/h4-9,11,17-18,22,28H,10,12-16,20H2,1-3H3,(H,35,39). The van der Waals surface area contributed by atoms with E-state index >= 15 is 0 Å². The van der Waals surface area contributed by atoms with Gasteiger partial charge in [-0.2, -0.15) is 9.99 Å². The van der Waals surface area contributed by atoms with Gasteiger partial charge in [0.15, 0.2) is 6.20 Å². The minimum absolute atomic E-state index is 0.192. The van der Waals surface area contributed by atoms with E-state index < -0.39 is 0 Å². The highest BCUT2D eigenvalue weighted by Crippen LogP contribution is 2.28. The Balaban J connectivity index is 1.37. The first-order chi connectivity index (χ1) is 19.2. The molecule has 1 saturated heterocycles. The van der Waals surface area contributed by atoms with Gasteiger partial charge in [0.1, 0.15) is 11.4 Å². The first-order valence-corrected chi connectivity index (χ1v) is 14.0. The summed E-state index contributed by atoms with van der Waals surface area (Å²) in [6, 6.07) is 16.3. The molecule has 1 N–H and O–H groups in total. The lowest BCUT2D eigenvalue weighted by molar-refractivity contribution is -0.612. The number of carbonyl (C=O) groups excluding carboxylic acids is 1. The number of amides is 1. The number of aromatic nitrogens is 1. The van der Waals surface area contributed by atoms with Crippen LogP contribution in [0.25, 0.3) is 0 Å². The van der Waals surface area contributed by atoms with Gasteiger partial charge in [-0.05, 0) is 81.1 Å². The van der Waals surface area contributed by atoms with Crippen LogP contribution < -0.4 is 14.9 Å². The SMILES string of the molecule is Cc1cc[n+]([O-])c(C)c1C(=O)NCCC(C)N1CCC(N(Cc2cc(Cl)ccc2F)c2ccc(C#N)cc2)CC1. The molecule has 0 bridgehead atoms. The zero-order valence-electron chi connectivity index (χ0n) is 23.2. The van der Waals surface area contributed by atoms with Crippen molar-refractivity contribution in [2.75, 3.05) is 24.5 Å². The van der Waals surface area contributed by atoms with E-state index in [0.717, 1.165) is 48.3 Å². The first-order valence-electron chi connectivity index (χ1n) is 13.6. The topological polar surface area (TPSA) is 86.3 Å². The minimum atomic E-state index is -0.290. The molecule has 40 heavy (non-hydrogen) atoms. The fourth-order valence-corrected chi connectivity index (χ4v) is 5.62. The quantitative estimate of drug-likeness (QED) is 0.283. The van der Waals surface area contributed by atoms with Crippen molar-refractivity contribution in [1.82, 2.24) is 10.2 Å². The lowest BCUT2D eigenvalue weighted by Crippen LogP contribution is -2.48. The van der Waals surface area contributed by atoms with Crippen LogP contribution in [0.5, 0.6) is 0 Å². The lowest BCUT2D eigenvalue weighted by Gasteiger charge is -2.42. The second-order valence-electron chi connectivity index (χ2n) is 10.5. The number of rotatable bonds is 9. The normalized spacial score (nSPS) is 14.9. The van der Waals surface area contributed by atoms with Gasteiger partial charge in [-0.3, -0.25) is 4.79 Å². The summed E-state index contributed by atoms with van der Waals surface area (Å²) in [6.45, 7) is 8.29. The van der Waals surface area contributed by atoms with Gasteiger partial charge in [-0.15, -0.1) is 0 Å². The van der Waals surface area contributed by atoms with Gasteiger partial charge >= 0.3 is 0 Å². The highest BCUT2D eigenvalue weighted by atomic mass is 35.5. The van der Waals surface area contributed by atoms with Crippen molar-refractivity contribution in [2.24, 2.45) is 0 Å². The largest absolute Gasteiger partial charge is 0.618 e. The van der Waals surface area contributed by atoms with Gasteiger partial charge in [0, 0.05) is 67.5 Å². The fourth-order valence-electron chi connectivity index (χ4n) is 5.42. The van der Waals surface area contributed by atoms with Gasteiger partial charge in [0.05, 0.1) is 11.6 Å². The van der Waals surface area contributed by atoms with Crippen molar-refractivity contribution in [3.8, 4) is 6.07 Å². The number of hydrogen-bond donors (Lipinski definition) is 1. The molecule has 1 aromatic heterocycles. The summed E-state index contributed by atoms with van der Waals surface area (Å²) < 4.78 is 15.4. The third-order valence-electron chi connectivity index (χ3n) is 7.86. The Labute approximate surface area is 240 Å². The molecule has 0 aliphatic carbocycles. The van der Waals surface area contributed by atoms with Crippen molar-refractivity contribution in [3.05, 3.63) is 98.7 Å². The molecule has 9 heteroatoms. The van der Waals surface area contributed by atoms with Gasteiger partial charge in [0.25, 0.3) is 5.91 Å². The molecule has 1 unspecified atom stereocenters. The number of piperidine rings is 1. The number of nitrogens with one attached hydrogen (secondary N) is 1. The predicted octanol–water partition coefficient (Wildman–Crippen LogP) is 5.28. The molecule has 0 saturated carbocycles. The number of halogens is 2. The van der Waals surface area contributed by atoms with Gasteiger partial charge in [0.2, 0.25) is 5.69 Å². The third-order valence-corrected chi connectivity index (χ3v) is 8.10. The number of likely N-dealkylation sites (tertiary alicyclic amines) is 1. The highest BCUT2D eigenvalue weighted by Gasteiger charge is 2.28. The highest BCUT2D eigenvalue weighted by molar-refractivity contribution is 6.30. The zero-order chi connectivity index (χ0) is 28.8. The molecule has 3 aromatic rings. The van der Waals surface area contributed by atoms with Gasteiger partial charge in [-0.25, -0.2) is 4.39 Å². The minimum Gasteiger partial charge on any atom is -0.618 e. The smallest absolute Gasteiger partial charge is 0.257 e. The summed E-state index contributed by atoms with van der Waals surface area (Å²) in [6.07, 6.45) is 3.99. The molecule has 1 aliphatic rings. The van der Waals surface area contributed by atoms with E-state index in [1.165, 1.54) is 12.3 Å². The van der Waals surface area contributed by atoms with Crippen LogP contribution in [0, 0.1) is 36.2 Å². The molecule has 0 radical (unpaired) electrons. The number of aryl methyl sites for hydroxylation is 1. The van der Waals surface area contributed by atoms with Crippen LogP contribution in [0.4, 0.5) is 10.1 Å². The lowest BCUT2D eigenvalue weighted by atomic mass is 9.99. The second-order valence-corrected chi connectivity index (χ2v) is 10.9. The van der Waals surface area contributed by atoms with Crippen LogP contribution in [0.1, 0.15) is 58.9 Å². The van der Waals surface area contributed by atoms with E-state index in [0.29, 0.717) is 40.5 Å². The summed E-state index contributed by atoms with van der Waals surface area (Å²) >= 11 is 6.17. The fraction of sp³-hybridized carbons (Fsp3) is 0.387. The Hall–Kier alpha value is -3.67. The van der Waals surface area contributed by atoms with Gasteiger partial charge in [-0.1, -0.05) is 11.6 Å². The van der Waals surface area contributed by atoms with Crippen molar-refractivity contribution >= 4 is 23.2 Å². The maximum Gasteiger partial charge on any atom is 0.257 e. The second kappa shape index (κ2) is 13.1. The molecule has 1 fully saturated rings. The number of anilines is 1. The van der Waals surface area contributed by atoms with Crippen LogP contribution in [0.15, 0.2) is 54.7 Å². The molecule has 2 aromatic carbocycles. The predicted molar refractivity (Wildman–Crippen MR) is 155 cm³/mol. The summed E-state index contributed by atoms with van der Waals surface area (Å²) in [5, 5.41) is 24.6. The van der Waals surface area contributed by atoms with Crippen molar-refractivity contribution < 1.29 is 13.9 Å². The molecular weight excluding hydrogens is 529 g/mol. The molecular formula is C31H35ClFN5O2. The third kappa shape index (κ3) is 6.90. The number of nitriles is 1. The number of hydrogen-bond acceptors (Lipinski definition) is 5. The maximum atomic E-state index is 14.7. The zero-order valence-corrected chi connectivity index (χ0v) is 23.9. The molecule has 0 spiro atoms. The molecule has 1 atom stereocenters. The van der Waals surface area contributed by atoms with Crippen molar-refractivity contribution in [1.29, 1.82) is 5.26 Å². The molecule has 4 rings (SSSR count). The van der Waals surface area contributed by atoms with Crippen LogP contribution in [-0.4, -0.2) is 42.5 Å². The van der Waals surface area contributed by atoms with E-state index in [2.05, 4.69) is 28.1 Å². The van der Waals surface area contributed by atoms with Crippen LogP contribution in [-0.2, 0) is 6.54 Å². The molecule has 1 amide bonds. The number of benzene rings is 2. The summed E-state index contributed by atoms with van der Waals surface area (Å²) in [5.41, 5.74) is 3.68. The Morgan fingerprint density at radius 2 is 1.93 bits per heavy atom. The Bertz CT molecular complexity index is 1380. The number of nitrogens with zero attached hydrogens (tertiary/aromatic N) is 4. The average molecular weight is 564 g/mol.